The highest BCUT2D eigenvalue weighted by Gasteiger charge is 2.15. The largest absolute Gasteiger partial charge is 0.303 e. The third-order valence-electron chi connectivity index (χ3n) is 2.30. The van der Waals surface area contributed by atoms with Crippen LogP contribution >= 0.6 is 0 Å². The van der Waals surface area contributed by atoms with E-state index >= 15 is 0 Å². The van der Waals surface area contributed by atoms with Crippen molar-refractivity contribution < 1.29 is 9.18 Å². The van der Waals surface area contributed by atoms with Gasteiger partial charge in [-0.15, -0.1) is 0 Å². The van der Waals surface area contributed by atoms with Gasteiger partial charge in [-0.25, -0.2) is 4.39 Å². The van der Waals surface area contributed by atoms with E-state index in [1.807, 2.05) is 12.2 Å². The summed E-state index contributed by atoms with van der Waals surface area (Å²) in [5.74, 6) is -0.351. The molecule has 2 heteroatoms. The molecule has 0 bridgehead atoms. The average Bonchev–Trinajstić information content (AvgIpc) is 2.16. The van der Waals surface area contributed by atoms with E-state index in [1.165, 1.54) is 12.1 Å². The summed E-state index contributed by atoms with van der Waals surface area (Å²) in [5.41, 5.74) is 1.75. The topological polar surface area (TPSA) is 17.1 Å². The van der Waals surface area contributed by atoms with Crippen molar-refractivity contribution in [3.63, 3.8) is 0 Å². The highest BCUT2D eigenvalue weighted by molar-refractivity contribution is 5.70. The fourth-order valence-corrected chi connectivity index (χ4v) is 1.63. The maximum atomic E-state index is 12.8. The summed E-state index contributed by atoms with van der Waals surface area (Å²) in [6, 6.07) is 4.54. The Labute approximate surface area is 75.9 Å². The number of benzene rings is 1. The Kier molecular flexibility index (Phi) is 1.97. The van der Waals surface area contributed by atoms with Crippen LogP contribution in [0, 0.1) is 5.82 Å². The Morgan fingerprint density at radius 3 is 3.08 bits per heavy atom. The molecule has 1 aromatic carbocycles. The number of fused-ring (bicyclic) bond motifs is 1. The standard InChI is InChI=1S/C11H9FO/c12-10-4-5-11-8(6-10)2-1-3-9(11)7-13/h1-2,4-7,9H,3H2. The molecule has 0 N–H and O–H groups in total. The predicted octanol–water partition coefficient (Wildman–Crippen LogP) is 2.53. The molecular formula is C11H9FO. The van der Waals surface area contributed by atoms with Gasteiger partial charge < -0.3 is 4.79 Å². The second-order valence-electron chi connectivity index (χ2n) is 3.15. The van der Waals surface area contributed by atoms with Crippen LogP contribution in [0.4, 0.5) is 4.39 Å². The number of allylic oxidation sites excluding steroid dienone is 1. The average molecular weight is 176 g/mol. The van der Waals surface area contributed by atoms with Crippen molar-refractivity contribution in [3.8, 4) is 0 Å². The van der Waals surface area contributed by atoms with Crippen molar-refractivity contribution in [1.29, 1.82) is 0 Å². The Morgan fingerprint density at radius 2 is 2.31 bits per heavy atom. The summed E-state index contributed by atoms with van der Waals surface area (Å²) in [7, 11) is 0. The molecule has 1 aromatic rings. The minimum Gasteiger partial charge on any atom is -0.303 e. The first-order chi connectivity index (χ1) is 6.31. The summed E-state index contributed by atoms with van der Waals surface area (Å²) < 4.78 is 12.8. The zero-order valence-corrected chi connectivity index (χ0v) is 7.03. The van der Waals surface area contributed by atoms with Gasteiger partial charge in [-0.05, 0) is 29.7 Å². The Hall–Kier alpha value is -1.44. The van der Waals surface area contributed by atoms with Crippen molar-refractivity contribution in [3.05, 3.63) is 41.2 Å². The van der Waals surface area contributed by atoms with E-state index in [0.29, 0.717) is 0 Å². The molecule has 1 unspecified atom stereocenters. The zero-order chi connectivity index (χ0) is 9.26. The number of carbonyl (C=O) groups is 1. The molecule has 0 aromatic heterocycles. The summed E-state index contributed by atoms with van der Waals surface area (Å²) in [6.07, 6.45) is 5.40. The van der Waals surface area contributed by atoms with Gasteiger partial charge in [-0.1, -0.05) is 18.2 Å². The molecule has 0 aliphatic heterocycles. The van der Waals surface area contributed by atoms with Gasteiger partial charge in [-0.2, -0.15) is 0 Å². The molecule has 0 saturated heterocycles. The number of halogens is 1. The number of rotatable bonds is 1. The van der Waals surface area contributed by atoms with Gasteiger partial charge in [0.2, 0.25) is 0 Å². The van der Waals surface area contributed by atoms with E-state index in [-0.39, 0.29) is 11.7 Å². The van der Waals surface area contributed by atoms with Crippen molar-refractivity contribution >= 4 is 12.4 Å². The molecule has 0 fully saturated rings. The molecule has 13 heavy (non-hydrogen) atoms. The maximum Gasteiger partial charge on any atom is 0.127 e. The molecule has 0 saturated carbocycles. The van der Waals surface area contributed by atoms with Crippen LogP contribution in [0.3, 0.4) is 0 Å². The minimum absolute atomic E-state index is 0.0967. The van der Waals surface area contributed by atoms with E-state index < -0.39 is 0 Å². The molecule has 1 nitrogen and oxygen atoms in total. The molecule has 1 aliphatic rings. The minimum atomic E-state index is -0.255. The smallest absolute Gasteiger partial charge is 0.127 e. The highest BCUT2D eigenvalue weighted by Crippen LogP contribution is 2.28. The van der Waals surface area contributed by atoms with Crippen LogP contribution in [-0.2, 0) is 4.79 Å². The Morgan fingerprint density at radius 1 is 1.46 bits per heavy atom. The number of hydrogen-bond acceptors (Lipinski definition) is 1. The SMILES string of the molecule is O=CC1CC=Cc2cc(F)ccc21. The molecular weight excluding hydrogens is 167 g/mol. The monoisotopic (exact) mass is 176 g/mol. The molecule has 66 valence electrons. The van der Waals surface area contributed by atoms with Crippen LogP contribution in [0.25, 0.3) is 6.08 Å². The first kappa shape index (κ1) is 8.17. The van der Waals surface area contributed by atoms with E-state index in [4.69, 9.17) is 0 Å². The van der Waals surface area contributed by atoms with Crippen molar-refractivity contribution in [1.82, 2.24) is 0 Å². The van der Waals surface area contributed by atoms with Gasteiger partial charge in [0.1, 0.15) is 12.1 Å². The van der Waals surface area contributed by atoms with Gasteiger partial charge in [0.15, 0.2) is 0 Å². The fourth-order valence-electron chi connectivity index (χ4n) is 1.63. The van der Waals surface area contributed by atoms with Crippen LogP contribution in [0.2, 0.25) is 0 Å². The van der Waals surface area contributed by atoms with E-state index in [2.05, 4.69) is 0 Å². The third kappa shape index (κ3) is 1.39. The van der Waals surface area contributed by atoms with Crippen LogP contribution < -0.4 is 0 Å². The fraction of sp³-hybridized carbons (Fsp3) is 0.182. The summed E-state index contributed by atoms with van der Waals surface area (Å²) in [6.45, 7) is 0. The normalized spacial score (nSPS) is 19.6. The summed E-state index contributed by atoms with van der Waals surface area (Å²) >= 11 is 0. The molecule has 0 radical (unpaired) electrons. The lowest BCUT2D eigenvalue weighted by Gasteiger charge is -2.15. The van der Waals surface area contributed by atoms with Crippen LogP contribution in [0.5, 0.6) is 0 Å². The predicted molar refractivity (Wildman–Crippen MR) is 48.9 cm³/mol. The first-order valence-corrected chi connectivity index (χ1v) is 4.22. The van der Waals surface area contributed by atoms with Crippen LogP contribution in [0.1, 0.15) is 23.5 Å². The number of aldehydes is 1. The van der Waals surface area contributed by atoms with Crippen molar-refractivity contribution in [2.24, 2.45) is 0 Å². The first-order valence-electron chi connectivity index (χ1n) is 4.22. The lowest BCUT2D eigenvalue weighted by molar-refractivity contribution is -0.109. The molecule has 0 heterocycles. The quantitative estimate of drug-likeness (QED) is 0.601. The second-order valence-corrected chi connectivity index (χ2v) is 3.15. The van der Waals surface area contributed by atoms with E-state index in [9.17, 15) is 9.18 Å². The molecule has 1 atom stereocenters. The maximum absolute atomic E-state index is 12.8. The molecule has 2 rings (SSSR count). The van der Waals surface area contributed by atoms with E-state index in [1.54, 1.807) is 6.07 Å². The van der Waals surface area contributed by atoms with Gasteiger partial charge in [0.05, 0.1) is 0 Å². The van der Waals surface area contributed by atoms with Crippen molar-refractivity contribution in [2.75, 3.05) is 0 Å². The Balaban J connectivity index is 2.53. The Bertz CT molecular complexity index is 368. The van der Waals surface area contributed by atoms with Crippen molar-refractivity contribution in [2.45, 2.75) is 12.3 Å². The molecule has 1 aliphatic carbocycles. The number of hydrogen-bond donors (Lipinski definition) is 0. The van der Waals surface area contributed by atoms with Crippen LogP contribution in [-0.4, -0.2) is 6.29 Å². The summed E-state index contributed by atoms with van der Waals surface area (Å²) in [5, 5.41) is 0. The molecule has 0 spiro atoms. The lowest BCUT2D eigenvalue weighted by Crippen LogP contribution is -2.04. The van der Waals surface area contributed by atoms with Gasteiger partial charge in [0.25, 0.3) is 0 Å². The zero-order valence-electron chi connectivity index (χ0n) is 7.03. The van der Waals surface area contributed by atoms with Crippen LogP contribution in [0.15, 0.2) is 24.3 Å². The van der Waals surface area contributed by atoms with Gasteiger partial charge >= 0.3 is 0 Å². The van der Waals surface area contributed by atoms with E-state index in [0.717, 1.165) is 23.8 Å². The third-order valence-corrected chi connectivity index (χ3v) is 2.30. The lowest BCUT2D eigenvalue weighted by atomic mass is 9.88. The second kappa shape index (κ2) is 3.13. The summed E-state index contributed by atoms with van der Waals surface area (Å²) in [4.78, 5) is 10.7. The number of carbonyl (C=O) groups excluding carboxylic acids is 1. The molecule has 0 amide bonds. The highest BCUT2D eigenvalue weighted by atomic mass is 19.1. The van der Waals surface area contributed by atoms with Gasteiger partial charge in [0, 0.05) is 5.92 Å². The van der Waals surface area contributed by atoms with Gasteiger partial charge in [-0.3, -0.25) is 0 Å².